The lowest BCUT2D eigenvalue weighted by Crippen LogP contribution is -2.11. The van der Waals surface area contributed by atoms with Crippen molar-refractivity contribution in [3.05, 3.63) is 58.6 Å². The molecule has 0 radical (unpaired) electrons. The standard InChI is InChI=1S/C15H12Cl2N2/c1-19(12-5-2-4-11(8-12)10-18)15-7-3-6-14(17)13(15)9-16/h2-8H,9H2,1H3. The first-order chi connectivity index (χ1) is 9.17. The van der Waals surface area contributed by atoms with E-state index in [1.807, 2.05) is 48.3 Å². The van der Waals surface area contributed by atoms with Crippen molar-refractivity contribution in [3.8, 4) is 6.07 Å². The zero-order valence-corrected chi connectivity index (χ0v) is 11.9. The summed E-state index contributed by atoms with van der Waals surface area (Å²) >= 11 is 12.1. The molecule has 2 rings (SSSR count). The van der Waals surface area contributed by atoms with Gasteiger partial charge in [-0.05, 0) is 30.3 Å². The summed E-state index contributed by atoms with van der Waals surface area (Å²) in [4.78, 5) is 1.98. The maximum atomic E-state index is 8.95. The van der Waals surface area contributed by atoms with Gasteiger partial charge < -0.3 is 4.90 Å². The molecule has 19 heavy (non-hydrogen) atoms. The van der Waals surface area contributed by atoms with Crippen LogP contribution in [0, 0.1) is 11.3 Å². The molecular formula is C15H12Cl2N2. The van der Waals surface area contributed by atoms with Gasteiger partial charge in [-0.1, -0.05) is 23.7 Å². The maximum Gasteiger partial charge on any atom is 0.0992 e. The van der Waals surface area contributed by atoms with E-state index in [9.17, 15) is 0 Å². The monoisotopic (exact) mass is 290 g/mol. The average molecular weight is 291 g/mol. The van der Waals surface area contributed by atoms with Gasteiger partial charge in [0.25, 0.3) is 0 Å². The Balaban J connectivity index is 2.47. The number of nitrogens with zero attached hydrogens (tertiary/aromatic N) is 2. The van der Waals surface area contributed by atoms with Crippen molar-refractivity contribution in [2.24, 2.45) is 0 Å². The summed E-state index contributed by atoms with van der Waals surface area (Å²) in [5.41, 5.74) is 3.37. The van der Waals surface area contributed by atoms with Gasteiger partial charge in [-0.25, -0.2) is 0 Å². The Morgan fingerprint density at radius 1 is 1.21 bits per heavy atom. The Hall–Kier alpha value is -1.69. The molecule has 0 bridgehead atoms. The van der Waals surface area contributed by atoms with Crippen LogP contribution in [0.25, 0.3) is 0 Å². The number of alkyl halides is 1. The van der Waals surface area contributed by atoms with E-state index in [2.05, 4.69) is 6.07 Å². The minimum absolute atomic E-state index is 0.345. The Morgan fingerprint density at radius 3 is 2.63 bits per heavy atom. The summed E-state index contributed by atoms with van der Waals surface area (Å²) < 4.78 is 0. The zero-order valence-electron chi connectivity index (χ0n) is 10.4. The molecule has 0 aliphatic heterocycles. The molecule has 0 atom stereocenters. The highest BCUT2D eigenvalue weighted by Crippen LogP contribution is 2.32. The van der Waals surface area contributed by atoms with Gasteiger partial charge in [0.05, 0.1) is 17.5 Å². The van der Waals surface area contributed by atoms with Crippen LogP contribution in [0.4, 0.5) is 11.4 Å². The first-order valence-corrected chi connectivity index (χ1v) is 6.66. The third-order valence-corrected chi connectivity index (χ3v) is 3.57. The molecule has 0 unspecified atom stereocenters. The summed E-state index contributed by atoms with van der Waals surface area (Å²) in [6, 6.07) is 15.2. The second-order valence-corrected chi connectivity index (χ2v) is 4.77. The first kappa shape index (κ1) is 13.7. The second-order valence-electron chi connectivity index (χ2n) is 4.09. The van der Waals surface area contributed by atoms with Crippen LogP contribution in [0.2, 0.25) is 5.02 Å². The summed E-state index contributed by atoms with van der Waals surface area (Å²) in [7, 11) is 1.93. The molecule has 0 spiro atoms. The lowest BCUT2D eigenvalue weighted by atomic mass is 10.1. The van der Waals surface area contributed by atoms with Crippen molar-refractivity contribution in [1.29, 1.82) is 5.26 Å². The second kappa shape index (κ2) is 5.97. The molecule has 2 aromatic carbocycles. The number of hydrogen-bond donors (Lipinski definition) is 0. The number of nitriles is 1. The van der Waals surface area contributed by atoms with Crippen LogP contribution in [0.15, 0.2) is 42.5 Å². The van der Waals surface area contributed by atoms with E-state index in [1.54, 1.807) is 6.07 Å². The molecule has 0 heterocycles. The largest absolute Gasteiger partial charge is 0.344 e. The molecule has 2 aromatic rings. The number of anilines is 2. The third kappa shape index (κ3) is 2.84. The topological polar surface area (TPSA) is 27.0 Å². The molecule has 0 fully saturated rings. The predicted molar refractivity (Wildman–Crippen MR) is 80.2 cm³/mol. The van der Waals surface area contributed by atoms with Gasteiger partial charge in [-0.2, -0.15) is 5.26 Å². The van der Waals surface area contributed by atoms with Crippen molar-refractivity contribution in [2.75, 3.05) is 11.9 Å². The number of benzene rings is 2. The fraction of sp³-hybridized carbons (Fsp3) is 0.133. The molecule has 0 aliphatic carbocycles. The van der Waals surface area contributed by atoms with Crippen LogP contribution in [-0.4, -0.2) is 7.05 Å². The van der Waals surface area contributed by atoms with E-state index < -0.39 is 0 Å². The van der Waals surface area contributed by atoms with Gasteiger partial charge >= 0.3 is 0 Å². The number of hydrogen-bond acceptors (Lipinski definition) is 2. The fourth-order valence-corrected chi connectivity index (χ4v) is 2.50. The van der Waals surface area contributed by atoms with Crippen LogP contribution in [0.5, 0.6) is 0 Å². The normalized spacial score (nSPS) is 10.0. The van der Waals surface area contributed by atoms with Crippen molar-refractivity contribution in [2.45, 2.75) is 5.88 Å². The molecular weight excluding hydrogens is 279 g/mol. The van der Waals surface area contributed by atoms with E-state index >= 15 is 0 Å². The van der Waals surface area contributed by atoms with Gasteiger partial charge in [0, 0.05) is 29.0 Å². The Morgan fingerprint density at radius 2 is 1.95 bits per heavy atom. The lowest BCUT2D eigenvalue weighted by Gasteiger charge is -2.22. The van der Waals surface area contributed by atoms with E-state index in [0.29, 0.717) is 16.5 Å². The highest BCUT2D eigenvalue weighted by Gasteiger charge is 2.11. The Labute approximate surface area is 122 Å². The van der Waals surface area contributed by atoms with Crippen LogP contribution in [0.1, 0.15) is 11.1 Å². The fourth-order valence-electron chi connectivity index (χ4n) is 1.92. The van der Waals surface area contributed by atoms with Gasteiger partial charge in [0.15, 0.2) is 0 Å². The number of rotatable bonds is 3. The highest BCUT2D eigenvalue weighted by molar-refractivity contribution is 6.32. The molecule has 96 valence electrons. The quantitative estimate of drug-likeness (QED) is 0.765. The van der Waals surface area contributed by atoms with Crippen molar-refractivity contribution in [1.82, 2.24) is 0 Å². The summed E-state index contributed by atoms with van der Waals surface area (Å²) in [6.45, 7) is 0. The lowest BCUT2D eigenvalue weighted by molar-refractivity contribution is 1.17. The van der Waals surface area contributed by atoms with E-state index in [-0.39, 0.29) is 0 Å². The minimum atomic E-state index is 0.345. The maximum absolute atomic E-state index is 8.95. The Kier molecular flexibility index (Phi) is 4.31. The average Bonchev–Trinajstić information content (AvgIpc) is 2.46. The van der Waals surface area contributed by atoms with Crippen LogP contribution < -0.4 is 4.90 Å². The van der Waals surface area contributed by atoms with Crippen molar-refractivity contribution >= 4 is 34.6 Å². The smallest absolute Gasteiger partial charge is 0.0992 e. The molecule has 0 saturated heterocycles. The zero-order chi connectivity index (χ0) is 13.8. The molecule has 0 aromatic heterocycles. The third-order valence-electron chi connectivity index (χ3n) is 2.95. The summed E-state index contributed by atoms with van der Waals surface area (Å²) in [6.07, 6.45) is 0. The SMILES string of the molecule is CN(c1cccc(C#N)c1)c1cccc(Cl)c1CCl. The van der Waals surface area contributed by atoms with E-state index in [1.165, 1.54) is 0 Å². The van der Waals surface area contributed by atoms with Gasteiger partial charge in [0.1, 0.15) is 0 Å². The van der Waals surface area contributed by atoms with Crippen LogP contribution >= 0.6 is 23.2 Å². The van der Waals surface area contributed by atoms with Gasteiger partial charge in [-0.3, -0.25) is 0 Å². The molecule has 4 heteroatoms. The molecule has 0 amide bonds. The highest BCUT2D eigenvalue weighted by atomic mass is 35.5. The summed E-state index contributed by atoms with van der Waals surface area (Å²) in [5, 5.41) is 9.60. The molecule has 0 saturated carbocycles. The Bertz CT molecular complexity index is 632. The first-order valence-electron chi connectivity index (χ1n) is 5.74. The van der Waals surface area contributed by atoms with Gasteiger partial charge in [0.2, 0.25) is 0 Å². The molecule has 0 N–H and O–H groups in total. The molecule has 0 aliphatic rings. The predicted octanol–water partition coefficient (Wildman–Crippen LogP) is 4.72. The van der Waals surface area contributed by atoms with E-state index in [4.69, 9.17) is 28.5 Å². The van der Waals surface area contributed by atoms with Crippen molar-refractivity contribution in [3.63, 3.8) is 0 Å². The number of halogens is 2. The van der Waals surface area contributed by atoms with Crippen LogP contribution in [-0.2, 0) is 5.88 Å². The summed E-state index contributed by atoms with van der Waals surface area (Å²) in [5.74, 6) is 0.345. The van der Waals surface area contributed by atoms with E-state index in [0.717, 1.165) is 16.9 Å². The molecule has 2 nitrogen and oxygen atoms in total. The van der Waals surface area contributed by atoms with Crippen LogP contribution in [0.3, 0.4) is 0 Å². The van der Waals surface area contributed by atoms with Crippen molar-refractivity contribution < 1.29 is 0 Å². The minimum Gasteiger partial charge on any atom is -0.344 e. The van der Waals surface area contributed by atoms with Gasteiger partial charge in [-0.15, -0.1) is 11.6 Å².